The predicted octanol–water partition coefficient (Wildman–Crippen LogP) is 1.62. The van der Waals surface area contributed by atoms with Gasteiger partial charge in [0.25, 0.3) is 5.91 Å². The number of nitrogens with zero attached hydrogens (tertiary/aromatic N) is 1. The molecule has 2 rings (SSSR count). The summed E-state index contributed by atoms with van der Waals surface area (Å²) in [7, 11) is 0. The van der Waals surface area contributed by atoms with Gasteiger partial charge in [0.15, 0.2) is 0 Å². The van der Waals surface area contributed by atoms with Gasteiger partial charge in [-0.05, 0) is 25.0 Å². The number of hydrogen-bond donors (Lipinski definition) is 2. The summed E-state index contributed by atoms with van der Waals surface area (Å²) in [5.74, 6) is -1.47. The average molecular weight is 282 g/mol. The number of carbonyl (C=O) groups excluding carboxylic acids is 1. The van der Waals surface area contributed by atoms with Gasteiger partial charge in [-0.2, -0.15) is 4.39 Å². The monoisotopic (exact) mass is 282 g/mol. The molecule has 0 aromatic heterocycles. The van der Waals surface area contributed by atoms with E-state index in [9.17, 15) is 24.4 Å². The summed E-state index contributed by atoms with van der Waals surface area (Å²) >= 11 is 0. The highest BCUT2D eigenvalue weighted by Crippen LogP contribution is 2.25. The van der Waals surface area contributed by atoms with Gasteiger partial charge in [-0.3, -0.25) is 14.9 Å². The number of nitro benzene ring substituents is 1. The third-order valence-electron chi connectivity index (χ3n) is 3.55. The first-order chi connectivity index (χ1) is 9.49. The second-order valence-corrected chi connectivity index (χ2v) is 4.89. The number of hydrogen-bond acceptors (Lipinski definition) is 4. The molecule has 1 aromatic carbocycles. The Labute approximate surface area is 114 Å². The first kappa shape index (κ1) is 14.4. The first-order valence-corrected chi connectivity index (χ1v) is 6.39. The van der Waals surface area contributed by atoms with Crippen molar-refractivity contribution in [1.82, 2.24) is 5.32 Å². The van der Waals surface area contributed by atoms with E-state index in [-0.39, 0.29) is 11.5 Å². The van der Waals surface area contributed by atoms with Crippen molar-refractivity contribution >= 4 is 11.6 Å². The highest BCUT2D eigenvalue weighted by atomic mass is 19.1. The molecular weight excluding hydrogens is 267 g/mol. The van der Waals surface area contributed by atoms with Crippen molar-refractivity contribution in [2.24, 2.45) is 5.92 Å². The van der Waals surface area contributed by atoms with Crippen LogP contribution in [0.25, 0.3) is 0 Å². The van der Waals surface area contributed by atoms with Crippen molar-refractivity contribution in [3.8, 4) is 0 Å². The normalized spacial score (nSPS) is 21.7. The van der Waals surface area contributed by atoms with Crippen LogP contribution < -0.4 is 5.32 Å². The molecule has 1 aromatic rings. The Kier molecular flexibility index (Phi) is 4.29. The van der Waals surface area contributed by atoms with E-state index in [4.69, 9.17) is 0 Å². The van der Waals surface area contributed by atoms with Crippen molar-refractivity contribution in [3.05, 3.63) is 39.7 Å². The molecule has 1 saturated carbocycles. The molecule has 1 aliphatic rings. The predicted molar refractivity (Wildman–Crippen MR) is 68.7 cm³/mol. The van der Waals surface area contributed by atoms with Crippen molar-refractivity contribution in [2.75, 3.05) is 6.54 Å². The Morgan fingerprint density at radius 2 is 2.25 bits per heavy atom. The third kappa shape index (κ3) is 3.11. The number of nitrogens with one attached hydrogen (secondary N) is 1. The quantitative estimate of drug-likeness (QED) is 0.648. The van der Waals surface area contributed by atoms with E-state index in [0.717, 1.165) is 31.4 Å². The van der Waals surface area contributed by atoms with Gasteiger partial charge in [0.05, 0.1) is 11.0 Å². The minimum atomic E-state index is -0.974. The van der Waals surface area contributed by atoms with Crippen LogP contribution >= 0.6 is 0 Å². The molecule has 0 radical (unpaired) electrons. The van der Waals surface area contributed by atoms with E-state index in [1.807, 2.05) is 0 Å². The van der Waals surface area contributed by atoms with Gasteiger partial charge < -0.3 is 10.4 Å². The number of aliphatic hydroxyl groups is 1. The molecule has 2 N–H and O–H groups in total. The Morgan fingerprint density at radius 1 is 1.50 bits per heavy atom. The molecule has 0 bridgehead atoms. The van der Waals surface area contributed by atoms with Crippen molar-refractivity contribution in [3.63, 3.8) is 0 Å². The summed E-state index contributed by atoms with van der Waals surface area (Å²) in [5.41, 5.74) is -0.691. The van der Waals surface area contributed by atoms with E-state index in [1.54, 1.807) is 0 Å². The number of amides is 1. The van der Waals surface area contributed by atoms with Gasteiger partial charge in [0.2, 0.25) is 5.82 Å². The topological polar surface area (TPSA) is 92.5 Å². The van der Waals surface area contributed by atoms with E-state index < -0.39 is 28.4 Å². The fraction of sp³-hybridized carbons (Fsp3) is 0.462. The van der Waals surface area contributed by atoms with Gasteiger partial charge in [-0.15, -0.1) is 0 Å². The maximum absolute atomic E-state index is 13.2. The Hall–Kier alpha value is -2.02. The van der Waals surface area contributed by atoms with Gasteiger partial charge in [0.1, 0.15) is 0 Å². The van der Waals surface area contributed by atoms with Crippen LogP contribution in [-0.4, -0.2) is 28.6 Å². The van der Waals surface area contributed by atoms with Crippen LogP contribution in [0.3, 0.4) is 0 Å². The van der Waals surface area contributed by atoms with Crippen LogP contribution in [0.5, 0.6) is 0 Å². The van der Waals surface area contributed by atoms with Gasteiger partial charge in [-0.25, -0.2) is 0 Å². The molecule has 7 heteroatoms. The molecule has 108 valence electrons. The minimum Gasteiger partial charge on any atom is -0.393 e. The molecule has 0 heterocycles. The molecule has 20 heavy (non-hydrogen) atoms. The van der Waals surface area contributed by atoms with Crippen LogP contribution in [0, 0.1) is 21.8 Å². The van der Waals surface area contributed by atoms with Crippen LogP contribution in [0.2, 0.25) is 0 Å². The Morgan fingerprint density at radius 3 is 2.85 bits per heavy atom. The smallest absolute Gasteiger partial charge is 0.305 e. The van der Waals surface area contributed by atoms with Gasteiger partial charge in [0, 0.05) is 24.1 Å². The summed E-state index contributed by atoms with van der Waals surface area (Å²) in [5, 5.41) is 22.9. The summed E-state index contributed by atoms with van der Waals surface area (Å²) in [6, 6.07) is 3.01. The fourth-order valence-electron chi connectivity index (χ4n) is 2.38. The molecule has 0 aliphatic heterocycles. The molecular formula is C13H15FN2O4. The van der Waals surface area contributed by atoms with Crippen molar-refractivity contribution in [1.29, 1.82) is 0 Å². The lowest BCUT2D eigenvalue weighted by atomic mass is 10.1. The largest absolute Gasteiger partial charge is 0.393 e. The molecule has 0 spiro atoms. The van der Waals surface area contributed by atoms with E-state index in [0.29, 0.717) is 6.54 Å². The first-order valence-electron chi connectivity index (χ1n) is 6.39. The van der Waals surface area contributed by atoms with E-state index in [1.165, 1.54) is 6.07 Å². The molecule has 1 fully saturated rings. The molecule has 1 amide bonds. The van der Waals surface area contributed by atoms with Crippen molar-refractivity contribution in [2.45, 2.75) is 25.4 Å². The lowest BCUT2D eigenvalue weighted by molar-refractivity contribution is -0.387. The van der Waals surface area contributed by atoms with E-state index in [2.05, 4.69) is 5.32 Å². The fourth-order valence-corrected chi connectivity index (χ4v) is 2.38. The number of rotatable bonds is 4. The third-order valence-corrected chi connectivity index (χ3v) is 3.55. The zero-order chi connectivity index (χ0) is 14.7. The summed E-state index contributed by atoms with van der Waals surface area (Å²) in [6.07, 6.45) is 2.06. The molecule has 2 atom stereocenters. The Bertz CT molecular complexity index is 535. The maximum Gasteiger partial charge on any atom is 0.305 e. The SMILES string of the molecule is O=C(NCC1CCCC1O)c1ccc(F)c([N+](=O)[O-])c1. The summed E-state index contributed by atoms with van der Waals surface area (Å²) in [6.45, 7) is 0.311. The number of nitro groups is 1. The second kappa shape index (κ2) is 5.96. The highest BCUT2D eigenvalue weighted by Gasteiger charge is 2.26. The molecule has 0 saturated heterocycles. The summed E-state index contributed by atoms with van der Waals surface area (Å²) < 4.78 is 13.2. The van der Waals surface area contributed by atoms with E-state index >= 15 is 0 Å². The molecule has 6 nitrogen and oxygen atoms in total. The number of benzene rings is 1. The van der Waals surface area contributed by atoms with Crippen LogP contribution in [0.1, 0.15) is 29.6 Å². The number of halogens is 1. The van der Waals surface area contributed by atoms with Crippen LogP contribution in [0.4, 0.5) is 10.1 Å². The average Bonchev–Trinajstić information content (AvgIpc) is 2.81. The highest BCUT2D eigenvalue weighted by molar-refractivity contribution is 5.94. The van der Waals surface area contributed by atoms with Gasteiger partial charge >= 0.3 is 5.69 Å². The Balaban J connectivity index is 2.02. The summed E-state index contributed by atoms with van der Waals surface area (Å²) in [4.78, 5) is 21.6. The van der Waals surface area contributed by atoms with Crippen LogP contribution in [-0.2, 0) is 0 Å². The maximum atomic E-state index is 13.2. The number of aliphatic hydroxyl groups excluding tert-OH is 1. The second-order valence-electron chi connectivity index (χ2n) is 4.89. The van der Waals surface area contributed by atoms with Crippen molar-refractivity contribution < 1.29 is 19.2 Å². The lowest BCUT2D eigenvalue weighted by Crippen LogP contribution is -2.32. The zero-order valence-electron chi connectivity index (χ0n) is 10.7. The zero-order valence-corrected chi connectivity index (χ0v) is 10.7. The molecule has 1 aliphatic carbocycles. The van der Waals surface area contributed by atoms with Gasteiger partial charge in [-0.1, -0.05) is 6.42 Å². The molecule has 2 unspecified atom stereocenters. The number of carbonyl (C=O) groups is 1. The standard InChI is InChI=1S/C13H15FN2O4/c14-10-5-4-8(6-11(10)16(19)20)13(18)15-7-9-2-1-3-12(9)17/h4-6,9,12,17H,1-3,7H2,(H,15,18). The van der Waals surface area contributed by atoms with Crippen LogP contribution in [0.15, 0.2) is 18.2 Å². The minimum absolute atomic E-state index is 0.00869. The lowest BCUT2D eigenvalue weighted by Gasteiger charge is -2.15.